The van der Waals surface area contributed by atoms with Gasteiger partial charge in [-0.25, -0.2) is 9.59 Å². The molecule has 0 spiro atoms. The van der Waals surface area contributed by atoms with Gasteiger partial charge in [-0.05, 0) is 58.9 Å². The molecule has 0 bridgehead atoms. The lowest BCUT2D eigenvalue weighted by atomic mass is 10.0. The Labute approximate surface area is 239 Å². The SMILES string of the molecule is CCOCCN1CCN(c2ccc(CC(NC(=O)OCc3cccc4c3Cc3ccccc3-4)C(=O)O)cc2)C(=O)C1. The molecular formula is C32H35N3O6. The number of hydrogen-bond donors (Lipinski definition) is 2. The van der Waals surface area contributed by atoms with Gasteiger partial charge in [0.1, 0.15) is 12.6 Å². The Kier molecular flexibility index (Phi) is 8.96. The molecule has 1 aliphatic heterocycles. The molecule has 9 nitrogen and oxygen atoms in total. The first kappa shape index (κ1) is 28.3. The van der Waals surface area contributed by atoms with Crippen LogP contribution in [0.3, 0.4) is 0 Å². The minimum Gasteiger partial charge on any atom is -0.480 e. The molecule has 5 rings (SSSR count). The van der Waals surface area contributed by atoms with Gasteiger partial charge in [0.15, 0.2) is 0 Å². The molecule has 0 saturated carbocycles. The highest BCUT2D eigenvalue weighted by molar-refractivity contribution is 5.95. The van der Waals surface area contributed by atoms with E-state index >= 15 is 0 Å². The van der Waals surface area contributed by atoms with Crippen molar-refractivity contribution in [3.8, 4) is 11.1 Å². The number of ether oxygens (including phenoxy) is 2. The second-order valence-corrected chi connectivity index (χ2v) is 10.3. The molecule has 2 N–H and O–H groups in total. The Balaban J connectivity index is 1.14. The van der Waals surface area contributed by atoms with Crippen molar-refractivity contribution in [3.63, 3.8) is 0 Å². The minimum atomic E-state index is -1.16. The molecule has 3 aromatic carbocycles. The largest absolute Gasteiger partial charge is 0.480 e. The third kappa shape index (κ3) is 6.75. The normalized spacial score (nSPS) is 15.2. The summed E-state index contributed by atoms with van der Waals surface area (Å²) in [5.41, 5.74) is 7.08. The number of aliphatic carboxylic acids is 1. The molecule has 1 heterocycles. The second-order valence-electron chi connectivity index (χ2n) is 10.3. The molecule has 214 valence electrons. The molecule has 2 amide bonds. The molecule has 1 unspecified atom stereocenters. The summed E-state index contributed by atoms with van der Waals surface area (Å²) in [6, 6.07) is 20.2. The predicted molar refractivity (Wildman–Crippen MR) is 155 cm³/mol. The van der Waals surface area contributed by atoms with Gasteiger partial charge >= 0.3 is 12.1 Å². The fourth-order valence-electron chi connectivity index (χ4n) is 5.46. The lowest BCUT2D eigenvalue weighted by Crippen LogP contribution is -2.51. The van der Waals surface area contributed by atoms with Crippen LogP contribution >= 0.6 is 0 Å². The number of carbonyl (C=O) groups excluding carboxylic acids is 2. The van der Waals surface area contributed by atoms with Gasteiger partial charge < -0.3 is 24.8 Å². The summed E-state index contributed by atoms with van der Waals surface area (Å²) in [7, 11) is 0. The Morgan fingerprint density at radius 3 is 2.54 bits per heavy atom. The van der Waals surface area contributed by atoms with Crippen molar-refractivity contribution in [2.24, 2.45) is 0 Å². The van der Waals surface area contributed by atoms with E-state index in [4.69, 9.17) is 9.47 Å². The van der Waals surface area contributed by atoms with E-state index in [-0.39, 0.29) is 18.9 Å². The Hall–Kier alpha value is -4.21. The van der Waals surface area contributed by atoms with Crippen LogP contribution in [0.4, 0.5) is 10.5 Å². The van der Waals surface area contributed by atoms with E-state index in [0.29, 0.717) is 26.3 Å². The van der Waals surface area contributed by atoms with Crippen LogP contribution in [0.1, 0.15) is 29.2 Å². The van der Waals surface area contributed by atoms with Gasteiger partial charge in [-0.3, -0.25) is 9.69 Å². The van der Waals surface area contributed by atoms with Gasteiger partial charge in [0.2, 0.25) is 5.91 Å². The molecule has 1 fully saturated rings. The highest BCUT2D eigenvalue weighted by Gasteiger charge is 2.26. The van der Waals surface area contributed by atoms with Gasteiger partial charge in [0.05, 0.1) is 13.2 Å². The summed E-state index contributed by atoms with van der Waals surface area (Å²) in [6.07, 6.45) is 0.0742. The maximum atomic E-state index is 12.7. The van der Waals surface area contributed by atoms with Crippen molar-refractivity contribution < 1.29 is 29.0 Å². The summed E-state index contributed by atoms with van der Waals surface area (Å²) >= 11 is 0. The van der Waals surface area contributed by atoms with E-state index < -0.39 is 18.1 Å². The molecule has 1 saturated heterocycles. The number of piperazine rings is 1. The standard InChI is InChI=1S/C32H35N3O6/c1-2-40-17-16-34-14-15-35(30(36)20-34)25-12-10-22(11-13-25)18-29(31(37)38)33-32(39)41-21-24-7-5-9-27-26-8-4-3-6-23(26)19-28(24)27/h3-13,29H,2,14-21H2,1H3,(H,33,39)(H,37,38). The van der Waals surface area contributed by atoms with Crippen molar-refractivity contribution in [3.05, 3.63) is 89.0 Å². The van der Waals surface area contributed by atoms with Crippen LogP contribution in [0.5, 0.6) is 0 Å². The second kappa shape index (κ2) is 13.0. The lowest BCUT2D eigenvalue weighted by molar-refractivity contribution is -0.139. The van der Waals surface area contributed by atoms with E-state index in [0.717, 1.165) is 47.5 Å². The maximum Gasteiger partial charge on any atom is 0.408 e. The highest BCUT2D eigenvalue weighted by Crippen LogP contribution is 2.38. The van der Waals surface area contributed by atoms with Gasteiger partial charge in [0, 0.05) is 38.3 Å². The molecular weight excluding hydrogens is 522 g/mol. The number of hydrogen-bond acceptors (Lipinski definition) is 6. The summed E-state index contributed by atoms with van der Waals surface area (Å²) in [5.74, 6) is -1.14. The molecule has 3 aromatic rings. The highest BCUT2D eigenvalue weighted by atomic mass is 16.5. The smallest absolute Gasteiger partial charge is 0.408 e. The monoisotopic (exact) mass is 557 g/mol. The zero-order valence-corrected chi connectivity index (χ0v) is 23.2. The van der Waals surface area contributed by atoms with Crippen LogP contribution in [0, 0.1) is 0 Å². The van der Waals surface area contributed by atoms with Gasteiger partial charge in [-0.1, -0.05) is 54.6 Å². The first-order chi connectivity index (χ1) is 19.9. The number of fused-ring (bicyclic) bond motifs is 3. The molecule has 9 heteroatoms. The number of alkyl carbamates (subject to hydrolysis) is 1. The molecule has 1 aliphatic carbocycles. The third-order valence-electron chi connectivity index (χ3n) is 7.64. The van der Waals surface area contributed by atoms with E-state index in [1.807, 2.05) is 43.3 Å². The molecule has 1 atom stereocenters. The summed E-state index contributed by atoms with van der Waals surface area (Å²) in [6.45, 7) is 5.65. The molecule has 0 radical (unpaired) electrons. The van der Waals surface area contributed by atoms with Crippen LogP contribution in [0.2, 0.25) is 0 Å². The van der Waals surface area contributed by atoms with Crippen LogP contribution in [-0.4, -0.2) is 73.4 Å². The van der Waals surface area contributed by atoms with Crippen LogP contribution in [0.15, 0.2) is 66.7 Å². The first-order valence-corrected chi connectivity index (χ1v) is 14.0. The minimum absolute atomic E-state index is 0.0151. The number of benzene rings is 3. The number of nitrogens with zero attached hydrogens (tertiary/aromatic N) is 2. The lowest BCUT2D eigenvalue weighted by Gasteiger charge is -2.34. The first-order valence-electron chi connectivity index (χ1n) is 14.0. The topological polar surface area (TPSA) is 108 Å². The Morgan fingerprint density at radius 2 is 1.78 bits per heavy atom. The average molecular weight is 558 g/mol. The zero-order chi connectivity index (χ0) is 28.8. The number of carboxylic acid groups (broad SMARTS) is 1. The number of nitrogens with one attached hydrogen (secondary N) is 1. The van der Waals surface area contributed by atoms with E-state index in [9.17, 15) is 19.5 Å². The van der Waals surface area contributed by atoms with Crippen LogP contribution < -0.4 is 10.2 Å². The summed E-state index contributed by atoms with van der Waals surface area (Å²) in [4.78, 5) is 41.0. The predicted octanol–water partition coefficient (Wildman–Crippen LogP) is 3.87. The van der Waals surface area contributed by atoms with Crippen molar-refractivity contribution >= 4 is 23.7 Å². The number of rotatable bonds is 11. The van der Waals surface area contributed by atoms with E-state index in [1.165, 1.54) is 11.1 Å². The van der Waals surface area contributed by atoms with Crippen LogP contribution in [0.25, 0.3) is 11.1 Å². The van der Waals surface area contributed by atoms with Crippen molar-refractivity contribution in [1.82, 2.24) is 10.2 Å². The van der Waals surface area contributed by atoms with Crippen molar-refractivity contribution in [1.29, 1.82) is 0 Å². The van der Waals surface area contributed by atoms with Crippen LogP contribution in [-0.2, 0) is 38.5 Å². The number of amides is 2. The van der Waals surface area contributed by atoms with Gasteiger partial charge in [-0.2, -0.15) is 0 Å². The number of carbonyl (C=O) groups is 3. The molecule has 2 aliphatic rings. The molecule has 41 heavy (non-hydrogen) atoms. The van der Waals surface area contributed by atoms with Gasteiger partial charge in [0.25, 0.3) is 0 Å². The van der Waals surface area contributed by atoms with E-state index in [1.54, 1.807) is 17.0 Å². The zero-order valence-electron chi connectivity index (χ0n) is 23.2. The fourth-order valence-corrected chi connectivity index (χ4v) is 5.46. The summed E-state index contributed by atoms with van der Waals surface area (Å²) in [5, 5.41) is 12.2. The summed E-state index contributed by atoms with van der Waals surface area (Å²) < 4.78 is 10.8. The Bertz CT molecular complexity index is 1410. The average Bonchev–Trinajstić information content (AvgIpc) is 3.36. The van der Waals surface area contributed by atoms with Crippen molar-refractivity contribution in [2.45, 2.75) is 32.4 Å². The quantitative estimate of drug-likeness (QED) is 0.270. The Morgan fingerprint density at radius 1 is 1.00 bits per heavy atom. The fraction of sp³-hybridized carbons (Fsp3) is 0.344. The number of carboxylic acids is 1. The third-order valence-corrected chi connectivity index (χ3v) is 7.64. The molecule has 0 aromatic heterocycles. The van der Waals surface area contributed by atoms with Gasteiger partial charge in [-0.15, -0.1) is 0 Å². The number of anilines is 1. The van der Waals surface area contributed by atoms with Crippen molar-refractivity contribution in [2.75, 3.05) is 44.3 Å². The maximum absolute atomic E-state index is 12.7. The van der Waals surface area contributed by atoms with E-state index in [2.05, 4.69) is 28.4 Å².